The number of rotatable bonds is 5. The molecule has 1 aromatic carbocycles. The second-order valence-corrected chi connectivity index (χ2v) is 11.9. The van der Waals surface area contributed by atoms with Gasteiger partial charge in [0.15, 0.2) is 11.6 Å². The molecule has 212 valence electrons. The van der Waals surface area contributed by atoms with Crippen molar-refractivity contribution >= 4 is 17.0 Å². The molecule has 11 heteroatoms. The van der Waals surface area contributed by atoms with Crippen LogP contribution in [-0.4, -0.2) is 80.7 Å². The number of fused-ring (bicyclic) bond motifs is 1. The van der Waals surface area contributed by atoms with Gasteiger partial charge >= 0.3 is 6.09 Å². The molecule has 10 nitrogen and oxygen atoms in total. The molecule has 5 rings (SSSR count). The van der Waals surface area contributed by atoms with E-state index in [-0.39, 0.29) is 35.1 Å². The van der Waals surface area contributed by atoms with Gasteiger partial charge in [-0.15, -0.1) is 0 Å². The molecule has 0 unspecified atom stereocenters. The summed E-state index contributed by atoms with van der Waals surface area (Å²) in [5.74, 6) is 0.663. The molecule has 39 heavy (non-hydrogen) atoms. The molecule has 0 N–H and O–H groups in total. The van der Waals surface area contributed by atoms with Gasteiger partial charge in [0.2, 0.25) is 5.89 Å². The zero-order valence-corrected chi connectivity index (χ0v) is 23.7. The third-order valence-electron chi connectivity index (χ3n) is 7.67. The Morgan fingerprint density at radius 3 is 2.41 bits per heavy atom. The molecule has 2 aromatic heterocycles. The molecule has 4 heterocycles. The minimum Gasteiger partial charge on any atom is -0.494 e. The second-order valence-electron chi connectivity index (χ2n) is 11.9. The number of hydrogen-bond acceptors (Lipinski definition) is 8. The minimum atomic E-state index is -0.494. The summed E-state index contributed by atoms with van der Waals surface area (Å²) < 4.78 is 33.2. The molecule has 2 fully saturated rings. The number of carbonyl (C=O) groups is 1. The third kappa shape index (κ3) is 5.59. The fourth-order valence-electron chi connectivity index (χ4n) is 5.63. The van der Waals surface area contributed by atoms with Crippen molar-refractivity contribution in [1.82, 2.24) is 29.7 Å². The number of piperidine rings is 2. The van der Waals surface area contributed by atoms with Crippen molar-refractivity contribution in [3.8, 4) is 11.7 Å². The molecule has 2 aliphatic heterocycles. The van der Waals surface area contributed by atoms with E-state index in [0.717, 1.165) is 44.5 Å². The molecule has 2 aliphatic rings. The van der Waals surface area contributed by atoms with Crippen LogP contribution in [0.3, 0.4) is 0 Å². The van der Waals surface area contributed by atoms with E-state index in [0.29, 0.717) is 30.4 Å². The Kier molecular flexibility index (Phi) is 7.54. The molecule has 0 saturated carbocycles. The van der Waals surface area contributed by atoms with Crippen LogP contribution in [0.15, 0.2) is 16.7 Å². The van der Waals surface area contributed by atoms with E-state index in [9.17, 15) is 4.79 Å². The van der Waals surface area contributed by atoms with E-state index >= 15 is 4.39 Å². The first-order valence-electron chi connectivity index (χ1n) is 13.9. The summed E-state index contributed by atoms with van der Waals surface area (Å²) in [4.78, 5) is 21.4. The smallest absolute Gasteiger partial charge is 0.410 e. The average Bonchev–Trinajstić information content (AvgIpc) is 3.54. The highest BCUT2D eigenvalue weighted by molar-refractivity contribution is 5.85. The highest BCUT2D eigenvalue weighted by atomic mass is 19.1. The van der Waals surface area contributed by atoms with Crippen molar-refractivity contribution in [2.24, 2.45) is 0 Å². The van der Waals surface area contributed by atoms with Crippen molar-refractivity contribution in [3.05, 3.63) is 29.5 Å². The Hall–Kier alpha value is -3.21. The van der Waals surface area contributed by atoms with E-state index < -0.39 is 11.4 Å². The summed E-state index contributed by atoms with van der Waals surface area (Å²) in [5.41, 5.74) is 0.578. The van der Waals surface area contributed by atoms with Crippen molar-refractivity contribution < 1.29 is 23.2 Å². The lowest BCUT2D eigenvalue weighted by Gasteiger charge is -2.41. The largest absolute Gasteiger partial charge is 0.494 e. The van der Waals surface area contributed by atoms with Crippen LogP contribution in [0.2, 0.25) is 0 Å². The molecule has 0 radical (unpaired) electrons. The fraction of sp³-hybridized carbons (Fsp3) is 0.643. The number of ether oxygens (including phenoxy) is 2. The first-order valence-corrected chi connectivity index (χ1v) is 13.9. The zero-order chi connectivity index (χ0) is 27.9. The van der Waals surface area contributed by atoms with E-state index in [1.807, 2.05) is 45.6 Å². The Morgan fingerprint density at radius 2 is 1.79 bits per heavy atom. The number of likely N-dealkylation sites (tertiary alicyclic amines) is 2. The van der Waals surface area contributed by atoms with Crippen LogP contribution in [0.5, 0.6) is 5.75 Å². The summed E-state index contributed by atoms with van der Waals surface area (Å²) in [6.45, 7) is 13.0. The van der Waals surface area contributed by atoms with Gasteiger partial charge in [-0.3, -0.25) is 0 Å². The number of methoxy groups -OCH3 is 1. The molecule has 1 amide bonds. The Labute approximate surface area is 228 Å². The van der Waals surface area contributed by atoms with Crippen LogP contribution in [0.1, 0.15) is 83.7 Å². The molecule has 0 atom stereocenters. The number of hydrogen-bond donors (Lipinski definition) is 0. The summed E-state index contributed by atoms with van der Waals surface area (Å²) >= 11 is 0. The first kappa shape index (κ1) is 27.4. The van der Waals surface area contributed by atoms with Gasteiger partial charge < -0.3 is 23.8 Å². The van der Waals surface area contributed by atoms with Crippen LogP contribution in [0.25, 0.3) is 16.9 Å². The van der Waals surface area contributed by atoms with Gasteiger partial charge in [-0.2, -0.15) is 14.8 Å². The molecule has 3 aromatic rings. The highest BCUT2D eigenvalue weighted by Crippen LogP contribution is 2.34. The number of benzene rings is 1. The quantitative estimate of drug-likeness (QED) is 0.431. The molecular weight excluding hydrogens is 503 g/mol. The van der Waals surface area contributed by atoms with Crippen molar-refractivity contribution in [2.75, 3.05) is 33.3 Å². The van der Waals surface area contributed by atoms with Gasteiger partial charge in [0.25, 0.3) is 5.95 Å². The predicted octanol–water partition coefficient (Wildman–Crippen LogP) is 5.26. The summed E-state index contributed by atoms with van der Waals surface area (Å²) in [6, 6.07) is 3.89. The standard InChI is InChI=1S/C28H39FN6O4/c1-17(2)23-20-7-8-21(37-6)22(29)24(20)35(31-23)26-30-25(39-32-26)18-9-13-33(14-10-18)19-11-15-34(16-12-19)27(36)38-28(3,4)5/h7-8,17-19H,9-16H2,1-6H3. The highest BCUT2D eigenvalue weighted by Gasteiger charge is 2.33. The lowest BCUT2D eigenvalue weighted by molar-refractivity contribution is 0.0124. The summed E-state index contributed by atoms with van der Waals surface area (Å²) in [6.07, 6.45) is 3.44. The molecular formula is C28H39FN6O4. The van der Waals surface area contributed by atoms with Gasteiger partial charge in [-0.05, 0) is 82.8 Å². The molecule has 0 spiro atoms. The summed E-state index contributed by atoms with van der Waals surface area (Å²) in [5, 5.41) is 9.55. The van der Waals surface area contributed by atoms with E-state index in [2.05, 4.69) is 20.1 Å². The first-order chi connectivity index (χ1) is 18.6. The topological polar surface area (TPSA) is 98.8 Å². The Balaban J connectivity index is 1.24. The zero-order valence-electron chi connectivity index (χ0n) is 23.7. The molecule has 0 bridgehead atoms. The number of amides is 1. The van der Waals surface area contributed by atoms with Gasteiger partial charge in [-0.25, -0.2) is 9.18 Å². The Bertz CT molecular complexity index is 1310. The maximum atomic E-state index is 15.3. The molecule has 2 saturated heterocycles. The molecule has 0 aliphatic carbocycles. The van der Waals surface area contributed by atoms with E-state index in [1.54, 1.807) is 6.07 Å². The van der Waals surface area contributed by atoms with Crippen molar-refractivity contribution in [1.29, 1.82) is 0 Å². The van der Waals surface area contributed by atoms with Crippen LogP contribution in [-0.2, 0) is 4.74 Å². The monoisotopic (exact) mass is 542 g/mol. The number of aromatic nitrogens is 4. The average molecular weight is 543 g/mol. The lowest BCUT2D eigenvalue weighted by atomic mass is 9.93. The lowest BCUT2D eigenvalue weighted by Crippen LogP contribution is -2.49. The van der Waals surface area contributed by atoms with Gasteiger partial charge in [0, 0.05) is 30.4 Å². The SMILES string of the molecule is COc1ccc2c(C(C)C)nn(-c3noc(C4CCN(C5CCN(C(=O)OC(C)(C)C)CC5)CC4)n3)c2c1F. The normalized spacial score (nSPS) is 18.3. The van der Waals surface area contributed by atoms with Crippen molar-refractivity contribution in [2.45, 2.75) is 83.8 Å². The van der Waals surface area contributed by atoms with Crippen LogP contribution < -0.4 is 4.74 Å². The third-order valence-corrected chi connectivity index (χ3v) is 7.67. The van der Waals surface area contributed by atoms with E-state index in [4.69, 9.17) is 14.0 Å². The van der Waals surface area contributed by atoms with Crippen LogP contribution in [0, 0.1) is 5.82 Å². The number of halogens is 1. The fourth-order valence-corrected chi connectivity index (χ4v) is 5.63. The predicted molar refractivity (Wildman–Crippen MR) is 144 cm³/mol. The van der Waals surface area contributed by atoms with Crippen molar-refractivity contribution in [3.63, 3.8) is 0 Å². The second kappa shape index (κ2) is 10.7. The van der Waals surface area contributed by atoms with Gasteiger partial charge in [-0.1, -0.05) is 13.8 Å². The summed E-state index contributed by atoms with van der Waals surface area (Å²) in [7, 11) is 1.44. The van der Waals surface area contributed by atoms with Gasteiger partial charge in [0.05, 0.1) is 12.8 Å². The number of carbonyl (C=O) groups excluding carboxylic acids is 1. The minimum absolute atomic E-state index is 0.0910. The maximum absolute atomic E-state index is 15.3. The van der Waals surface area contributed by atoms with Gasteiger partial charge in [0.1, 0.15) is 11.1 Å². The number of nitrogens with zero attached hydrogens (tertiary/aromatic N) is 6. The van der Waals surface area contributed by atoms with Crippen LogP contribution >= 0.6 is 0 Å². The van der Waals surface area contributed by atoms with Crippen LogP contribution in [0.4, 0.5) is 9.18 Å². The maximum Gasteiger partial charge on any atom is 0.410 e. The Morgan fingerprint density at radius 1 is 1.10 bits per heavy atom. The van der Waals surface area contributed by atoms with E-state index in [1.165, 1.54) is 11.8 Å².